The number of hydrogen-bond acceptors (Lipinski definition) is 2. The zero-order valence-corrected chi connectivity index (χ0v) is 20.6. The van der Waals surface area contributed by atoms with E-state index in [2.05, 4.69) is 73.3 Å². The van der Waals surface area contributed by atoms with Crippen molar-refractivity contribution >= 4 is 23.2 Å². The predicted molar refractivity (Wildman–Crippen MR) is 134 cm³/mol. The van der Waals surface area contributed by atoms with Gasteiger partial charge in [-0.05, 0) is 62.8 Å². The molecule has 0 heterocycles. The molecule has 0 radical (unpaired) electrons. The van der Waals surface area contributed by atoms with Gasteiger partial charge < -0.3 is 0 Å². The van der Waals surface area contributed by atoms with Crippen molar-refractivity contribution in [2.75, 3.05) is 6.54 Å². The molecule has 31 heavy (non-hydrogen) atoms. The maximum Gasteiger partial charge on any atom is 0.0587 e. The molecule has 1 aliphatic carbocycles. The first kappa shape index (κ1) is 25.7. The van der Waals surface area contributed by atoms with Crippen LogP contribution in [0.3, 0.4) is 0 Å². The lowest BCUT2D eigenvalue weighted by Crippen LogP contribution is -2.31. The lowest BCUT2D eigenvalue weighted by atomic mass is 9.83. The van der Waals surface area contributed by atoms with E-state index in [4.69, 9.17) is 28.5 Å². The van der Waals surface area contributed by atoms with E-state index >= 15 is 0 Å². The molecule has 3 rings (SSSR count). The Balaban J connectivity index is 0.00000107. The van der Waals surface area contributed by atoms with Crippen molar-refractivity contribution in [3.63, 3.8) is 0 Å². The van der Waals surface area contributed by atoms with Crippen molar-refractivity contribution < 1.29 is 0 Å². The van der Waals surface area contributed by atoms with Gasteiger partial charge in [0.05, 0.1) is 6.07 Å². The van der Waals surface area contributed by atoms with E-state index < -0.39 is 0 Å². The molecule has 2 atom stereocenters. The molecule has 0 saturated heterocycles. The van der Waals surface area contributed by atoms with E-state index in [1.54, 1.807) is 6.07 Å². The summed E-state index contributed by atoms with van der Waals surface area (Å²) in [6.07, 6.45) is 5.57. The van der Waals surface area contributed by atoms with Crippen molar-refractivity contribution in [2.24, 2.45) is 0 Å². The fourth-order valence-corrected chi connectivity index (χ4v) is 5.27. The van der Waals surface area contributed by atoms with Gasteiger partial charge in [-0.1, -0.05) is 61.0 Å². The minimum absolute atomic E-state index is 0.166. The smallest absolute Gasteiger partial charge is 0.0587 e. The third kappa shape index (κ3) is 8.49. The maximum atomic E-state index is 7.32. The highest BCUT2D eigenvalue weighted by molar-refractivity contribution is 6.24. The molecule has 0 amide bonds. The molecule has 2 aromatic carbocycles. The van der Waals surface area contributed by atoms with Gasteiger partial charge in [0.1, 0.15) is 0 Å². The molecule has 4 heteroatoms. The molecule has 1 aliphatic rings. The minimum Gasteiger partial charge on any atom is -0.297 e. The minimum atomic E-state index is 0.166. The van der Waals surface area contributed by atoms with Crippen molar-refractivity contribution in [1.82, 2.24) is 4.90 Å². The SMILES string of the molecule is CC#N.CC(C)N(CCCc1ccc(C2C(Cl)CCCC2Cl)cc1)Cc1ccccc1. The predicted octanol–water partition coefficient (Wildman–Crippen LogP) is 7.54. The van der Waals surface area contributed by atoms with E-state index in [1.165, 1.54) is 30.0 Å². The van der Waals surface area contributed by atoms with Crippen LogP contribution < -0.4 is 0 Å². The molecule has 0 aliphatic heterocycles. The maximum absolute atomic E-state index is 7.32. The van der Waals surface area contributed by atoms with Crippen LogP contribution in [-0.2, 0) is 13.0 Å². The highest BCUT2D eigenvalue weighted by Gasteiger charge is 2.31. The fourth-order valence-electron chi connectivity index (χ4n) is 4.24. The first-order valence-corrected chi connectivity index (χ1v) is 12.3. The Bertz CT molecular complexity index is 773. The van der Waals surface area contributed by atoms with E-state index in [9.17, 15) is 0 Å². The standard InChI is InChI=1S/C25H33Cl2N.C2H3N/c1-19(2)28(18-21-8-4-3-5-9-21)17-7-10-20-13-15-22(16-14-20)25-23(26)11-6-12-24(25)27;1-2-3/h3-5,8-9,13-16,19,23-25H,6-7,10-12,17-18H2,1-2H3;1H3. The molecule has 1 fully saturated rings. The van der Waals surface area contributed by atoms with Crippen LogP contribution in [0.5, 0.6) is 0 Å². The molecule has 2 aromatic rings. The number of nitriles is 1. The summed E-state index contributed by atoms with van der Waals surface area (Å²) in [5.41, 5.74) is 4.09. The second kappa shape index (κ2) is 13.8. The van der Waals surface area contributed by atoms with Crippen LogP contribution >= 0.6 is 23.2 Å². The number of nitrogens with zero attached hydrogens (tertiary/aromatic N) is 2. The van der Waals surface area contributed by atoms with Crippen molar-refractivity contribution in [2.45, 2.75) is 82.1 Å². The summed E-state index contributed by atoms with van der Waals surface area (Å²) in [6, 6.07) is 22.1. The molecule has 0 aromatic heterocycles. The third-order valence-corrected chi connectivity index (χ3v) is 6.95. The Kier molecular flexibility index (Phi) is 11.4. The lowest BCUT2D eigenvalue weighted by Gasteiger charge is -2.32. The van der Waals surface area contributed by atoms with Crippen LogP contribution in [0.4, 0.5) is 0 Å². The van der Waals surface area contributed by atoms with Crippen molar-refractivity contribution in [3.05, 3.63) is 71.3 Å². The number of rotatable bonds is 8. The monoisotopic (exact) mass is 458 g/mol. The quantitative estimate of drug-likeness (QED) is 0.381. The van der Waals surface area contributed by atoms with Gasteiger partial charge in [-0.3, -0.25) is 4.90 Å². The molecule has 2 unspecified atom stereocenters. The number of benzene rings is 2. The van der Waals surface area contributed by atoms with Gasteiger partial charge in [-0.2, -0.15) is 5.26 Å². The Labute approximate surface area is 199 Å². The number of aryl methyl sites for hydroxylation is 1. The number of halogens is 2. The van der Waals surface area contributed by atoms with Crippen LogP contribution in [0.2, 0.25) is 0 Å². The molecule has 0 spiro atoms. The van der Waals surface area contributed by atoms with Gasteiger partial charge in [0.25, 0.3) is 0 Å². The highest BCUT2D eigenvalue weighted by Crippen LogP contribution is 2.39. The topological polar surface area (TPSA) is 27.0 Å². The van der Waals surface area contributed by atoms with Crippen LogP contribution in [-0.4, -0.2) is 28.2 Å². The molecule has 0 bridgehead atoms. The van der Waals surface area contributed by atoms with Gasteiger partial charge in [-0.25, -0.2) is 0 Å². The zero-order valence-electron chi connectivity index (χ0n) is 19.1. The van der Waals surface area contributed by atoms with Crippen LogP contribution in [0.15, 0.2) is 54.6 Å². The summed E-state index contributed by atoms with van der Waals surface area (Å²) in [6.45, 7) is 8.14. The summed E-state index contributed by atoms with van der Waals surface area (Å²) >= 11 is 13.2. The van der Waals surface area contributed by atoms with E-state index in [0.29, 0.717) is 6.04 Å². The molecular weight excluding hydrogens is 423 g/mol. The second-order valence-electron chi connectivity index (χ2n) is 8.61. The van der Waals surface area contributed by atoms with E-state index in [0.717, 1.165) is 38.8 Å². The van der Waals surface area contributed by atoms with Crippen molar-refractivity contribution in [1.29, 1.82) is 5.26 Å². The fraction of sp³-hybridized carbons (Fsp3) is 0.519. The van der Waals surface area contributed by atoms with E-state index in [1.807, 2.05) is 0 Å². The van der Waals surface area contributed by atoms with Crippen LogP contribution in [0, 0.1) is 11.3 Å². The Morgan fingerprint density at radius 1 is 0.968 bits per heavy atom. The third-order valence-electron chi connectivity index (χ3n) is 5.97. The average molecular weight is 460 g/mol. The number of hydrogen-bond donors (Lipinski definition) is 0. The van der Waals surface area contributed by atoms with Gasteiger partial charge in [0, 0.05) is 36.2 Å². The van der Waals surface area contributed by atoms with Gasteiger partial charge in [0.2, 0.25) is 0 Å². The number of alkyl halides is 2. The first-order chi connectivity index (χ1) is 15.0. The molecule has 2 nitrogen and oxygen atoms in total. The first-order valence-electron chi connectivity index (χ1n) is 11.4. The Morgan fingerprint density at radius 3 is 2.10 bits per heavy atom. The Hall–Kier alpha value is -1.53. The lowest BCUT2D eigenvalue weighted by molar-refractivity contribution is 0.210. The second-order valence-corrected chi connectivity index (χ2v) is 9.73. The van der Waals surface area contributed by atoms with Crippen LogP contribution in [0.25, 0.3) is 0 Å². The zero-order chi connectivity index (χ0) is 22.6. The van der Waals surface area contributed by atoms with Gasteiger partial charge in [-0.15, -0.1) is 23.2 Å². The average Bonchev–Trinajstić information content (AvgIpc) is 2.75. The largest absolute Gasteiger partial charge is 0.297 e. The summed E-state index contributed by atoms with van der Waals surface area (Å²) in [7, 11) is 0. The van der Waals surface area contributed by atoms with E-state index in [-0.39, 0.29) is 16.7 Å². The normalized spacial score (nSPS) is 20.8. The molecular formula is C27H36Cl2N2. The molecule has 1 saturated carbocycles. The van der Waals surface area contributed by atoms with Gasteiger partial charge in [0.15, 0.2) is 0 Å². The summed E-state index contributed by atoms with van der Waals surface area (Å²) in [5, 5.41) is 7.65. The van der Waals surface area contributed by atoms with Crippen LogP contribution in [0.1, 0.15) is 69.1 Å². The van der Waals surface area contributed by atoms with Crippen molar-refractivity contribution in [3.8, 4) is 6.07 Å². The summed E-state index contributed by atoms with van der Waals surface area (Å²) in [5.74, 6) is 0.286. The van der Waals surface area contributed by atoms with Gasteiger partial charge >= 0.3 is 0 Å². The molecule has 0 N–H and O–H groups in total. The summed E-state index contributed by atoms with van der Waals surface area (Å²) in [4.78, 5) is 2.56. The highest BCUT2D eigenvalue weighted by atomic mass is 35.5. The Morgan fingerprint density at radius 2 is 1.55 bits per heavy atom. The summed E-state index contributed by atoms with van der Waals surface area (Å²) < 4.78 is 0. The molecule has 168 valence electrons.